The summed E-state index contributed by atoms with van der Waals surface area (Å²) in [7, 11) is 1.65. The molecule has 0 saturated carbocycles. The number of nitrogens with zero attached hydrogens (tertiary/aromatic N) is 2. The van der Waals surface area contributed by atoms with E-state index in [4.69, 9.17) is 13.9 Å². The second-order valence-corrected chi connectivity index (χ2v) is 8.29. The second-order valence-electron chi connectivity index (χ2n) is 8.29. The summed E-state index contributed by atoms with van der Waals surface area (Å²) in [6.45, 7) is 3.43. The highest BCUT2D eigenvalue weighted by atomic mass is 16.5. The number of likely N-dealkylation sites (tertiary alicyclic amines) is 1. The van der Waals surface area contributed by atoms with Gasteiger partial charge in [0.1, 0.15) is 23.1 Å². The van der Waals surface area contributed by atoms with E-state index in [1.807, 2.05) is 47.4 Å². The third-order valence-electron chi connectivity index (χ3n) is 6.12. The molecule has 5 rings (SSSR count). The van der Waals surface area contributed by atoms with E-state index in [0.717, 1.165) is 58.9 Å². The van der Waals surface area contributed by atoms with Crippen LogP contribution in [0.3, 0.4) is 0 Å². The molecule has 1 saturated heterocycles. The van der Waals surface area contributed by atoms with E-state index in [2.05, 4.69) is 11.9 Å². The molecule has 2 aliphatic heterocycles. The highest BCUT2D eigenvalue weighted by Gasteiger charge is 2.26. The van der Waals surface area contributed by atoms with Gasteiger partial charge in [0.2, 0.25) is 5.91 Å². The molecule has 1 aromatic heterocycles. The average Bonchev–Trinajstić information content (AvgIpc) is 3.38. The minimum atomic E-state index is 0.00727. The summed E-state index contributed by atoms with van der Waals surface area (Å²) < 4.78 is 17.3. The molecule has 6 nitrogen and oxygen atoms in total. The molecule has 3 heterocycles. The zero-order valence-electron chi connectivity index (χ0n) is 17.8. The molecule has 0 bridgehead atoms. The molecule has 160 valence electrons. The van der Waals surface area contributed by atoms with Crippen molar-refractivity contribution in [3.8, 4) is 11.5 Å². The fourth-order valence-electron chi connectivity index (χ4n) is 4.44. The first-order valence-electron chi connectivity index (χ1n) is 10.8. The van der Waals surface area contributed by atoms with E-state index >= 15 is 0 Å². The van der Waals surface area contributed by atoms with Crippen LogP contribution in [0.2, 0.25) is 0 Å². The van der Waals surface area contributed by atoms with Gasteiger partial charge >= 0.3 is 0 Å². The number of methoxy groups -OCH3 is 1. The largest absolute Gasteiger partial charge is 0.496 e. The monoisotopic (exact) mass is 418 g/mol. The van der Waals surface area contributed by atoms with Crippen LogP contribution in [0.4, 0.5) is 0 Å². The van der Waals surface area contributed by atoms with Gasteiger partial charge < -0.3 is 18.8 Å². The van der Waals surface area contributed by atoms with Crippen LogP contribution in [-0.2, 0) is 11.2 Å². The summed E-state index contributed by atoms with van der Waals surface area (Å²) in [6.07, 6.45) is 6.19. The van der Waals surface area contributed by atoms with E-state index in [-0.39, 0.29) is 17.9 Å². The molecular formula is C25H26N2O4. The van der Waals surface area contributed by atoms with Crippen LogP contribution in [0.25, 0.3) is 17.2 Å². The first kappa shape index (κ1) is 19.7. The maximum atomic E-state index is 12.8. The number of ether oxygens (including phenoxy) is 2. The number of aromatic nitrogens is 1. The van der Waals surface area contributed by atoms with E-state index < -0.39 is 0 Å². The fourth-order valence-corrected chi connectivity index (χ4v) is 4.44. The lowest BCUT2D eigenvalue weighted by Crippen LogP contribution is -2.36. The van der Waals surface area contributed by atoms with Crippen LogP contribution in [0.1, 0.15) is 42.7 Å². The number of benzene rings is 2. The smallest absolute Gasteiger partial charge is 0.246 e. The van der Waals surface area contributed by atoms with Crippen molar-refractivity contribution in [1.29, 1.82) is 0 Å². The zero-order valence-corrected chi connectivity index (χ0v) is 17.8. The van der Waals surface area contributed by atoms with E-state index in [1.54, 1.807) is 13.2 Å². The minimum Gasteiger partial charge on any atom is -0.496 e. The Balaban J connectivity index is 1.24. The van der Waals surface area contributed by atoms with Crippen molar-refractivity contribution in [2.24, 2.45) is 0 Å². The van der Waals surface area contributed by atoms with E-state index in [1.165, 1.54) is 0 Å². The van der Waals surface area contributed by atoms with Crippen molar-refractivity contribution in [3.63, 3.8) is 0 Å². The molecule has 6 heteroatoms. The number of hydrogen-bond acceptors (Lipinski definition) is 5. The molecule has 0 N–H and O–H groups in total. The van der Waals surface area contributed by atoms with Crippen LogP contribution in [0.5, 0.6) is 11.5 Å². The Morgan fingerprint density at radius 3 is 2.81 bits per heavy atom. The molecule has 0 unspecified atom stereocenters. The normalized spacial score (nSPS) is 19.0. The van der Waals surface area contributed by atoms with Crippen molar-refractivity contribution >= 4 is 23.1 Å². The maximum Gasteiger partial charge on any atom is 0.246 e. The van der Waals surface area contributed by atoms with Crippen LogP contribution in [0, 0.1) is 0 Å². The van der Waals surface area contributed by atoms with Gasteiger partial charge in [0.25, 0.3) is 0 Å². The van der Waals surface area contributed by atoms with E-state index in [9.17, 15) is 4.79 Å². The zero-order chi connectivity index (χ0) is 21.4. The van der Waals surface area contributed by atoms with Crippen molar-refractivity contribution < 1.29 is 18.7 Å². The van der Waals surface area contributed by atoms with Gasteiger partial charge in [0.05, 0.1) is 7.11 Å². The van der Waals surface area contributed by atoms with Crippen LogP contribution in [0.15, 0.2) is 46.9 Å². The van der Waals surface area contributed by atoms with Crippen LogP contribution in [-0.4, -0.2) is 42.1 Å². The summed E-state index contributed by atoms with van der Waals surface area (Å²) >= 11 is 0. The Kier molecular flexibility index (Phi) is 5.14. The van der Waals surface area contributed by atoms with Gasteiger partial charge in [-0.2, -0.15) is 0 Å². The maximum absolute atomic E-state index is 12.8. The average molecular weight is 418 g/mol. The lowest BCUT2D eigenvalue weighted by Gasteiger charge is -2.29. The minimum absolute atomic E-state index is 0.00727. The van der Waals surface area contributed by atoms with Gasteiger partial charge in [0.15, 0.2) is 11.5 Å². The first-order chi connectivity index (χ1) is 15.1. The molecular weight excluding hydrogens is 392 g/mol. The van der Waals surface area contributed by atoms with Gasteiger partial charge in [-0.25, -0.2) is 4.98 Å². The number of hydrogen-bond donors (Lipinski definition) is 0. The Hall–Kier alpha value is -3.28. The van der Waals surface area contributed by atoms with E-state index in [0.29, 0.717) is 13.1 Å². The summed E-state index contributed by atoms with van der Waals surface area (Å²) in [5.41, 5.74) is 3.71. The first-order valence-corrected chi connectivity index (χ1v) is 10.8. The predicted molar refractivity (Wildman–Crippen MR) is 118 cm³/mol. The van der Waals surface area contributed by atoms with Crippen molar-refractivity contribution in [2.75, 3.05) is 20.2 Å². The quantitative estimate of drug-likeness (QED) is 0.581. The summed E-state index contributed by atoms with van der Waals surface area (Å²) in [6, 6.07) is 11.8. The molecule has 0 spiro atoms. The fraction of sp³-hybridized carbons (Fsp3) is 0.360. The molecule has 1 fully saturated rings. The number of fused-ring (bicyclic) bond motifs is 2. The highest BCUT2D eigenvalue weighted by Crippen LogP contribution is 2.36. The number of amides is 1. The lowest BCUT2D eigenvalue weighted by atomic mass is 9.96. The Morgan fingerprint density at radius 1 is 1.23 bits per heavy atom. The summed E-state index contributed by atoms with van der Waals surface area (Å²) in [5.74, 6) is 2.67. The van der Waals surface area contributed by atoms with Gasteiger partial charge in [-0.3, -0.25) is 4.79 Å². The molecule has 31 heavy (non-hydrogen) atoms. The number of rotatable bonds is 4. The molecule has 2 aromatic carbocycles. The Labute approximate surface area is 181 Å². The third-order valence-corrected chi connectivity index (χ3v) is 6.12. The highest BCUT2D eigenvalue weighted by molar-refractivity contribution is 5.92. The molecule has 1 amide bonds. The van der Waals surface area contributed by atoms with Crippen molar-refractivity contribution in [1.82, 2.24) is 9.88 Å². The van der Waals surface area contributed by atoms with Gasteiger partial charge in [-0.1, -0.05) is 12.1 Å². The van der Waals surface area contributed by atoms with Crippen LogP contribution < -0.4 is 9.47 Å². The molecule has 3 aromatic rings. The van der Waals surface area contributed by atoms with Crippen molar-refractivity contribution in [2.45, 2.75) is 38.2 Å². The molecule has 0 aliphatic carbocycles. The van der Waals surface area contributed by atoms with Gasteiger partial charge in [-0.15, -0.1) is 0 Å². The number of oxazole rings is 1. The molecule has 1 atom stereocenters. The Bertz CT molecular complexity index is 1110. The standard InChI is InChI=1S/C25H26N2O4/c1-16-13-19-15-22(29-2)18(14-23(19)30-16)7-8-24(28)27-11-9-17(10-12-27)25-26-20-5-3-4-6-21(20)31-25/h3-8,14-17H,9-13H2,1-2H3/b8-7+/t16-/m0/s1. The van der Waals surface area contributed by atoms with Gasteiger partial charge in [-0.05, 0) is 50.1 Å². The second kappa shape index (κ2) is 8.10. The topological polar surface area (TPSA) is 64.8 Å². The third kappa shape index (κ3) is 3.90. The number of para-hydroxylation sites is 2. The van der Waals surface area contributed by atoms with Crippen LogP contribution >= 0.6 is 0 Å². The molecule has 2 aliphatic rings. The predicted octanol–water partition coefficient (Wildman–Crippen LogP) is 4.58. The van der Waals surface area contributed by atoms with Gasteiger partial charge in [0, 0.05) is 42.6 Å². The summed E-state index contributed by atoms with van der Waals surface area (Å²) in [4.78, 5) is 19.3. The number of carbonyl (C=O) groups excluding carboxylic acids is 1. The number of piperidine rings is 1. The van der Waals surface area contributed by atoms with Crippen molar-refractivity contribution in [3.05, 3.63) is 59.5 Å². The SMILES string of the molecule is COc1cc2c(cc1/C=C/C(=O)N1CCC(c3nc4ccccc4o3)CC1)O[C@@H](C)C2. The lowest BCUT2D eigenvalue weighted by molar-refractivity contribution is -0.127. The number of carbonyl (C=O) groups is 1. The summed E-state index contributed by atoms with van der Waals surface area (Å²) in [5, 5.41) is 0. The molecule has 0 radical (unpaired) electrons. The Morgan fingerprint density at radius 2 is 2.03 bits per heavy atom.